The minimum atomic E-state index is -0.616. The molecule has 0 unspecified atom stereocenters. The second kappa shape index (κ2) is 11.5. The second-order valence-corrected chi connectivity index (χ2v) is 7.67. The normalized spacial score (nSPS) is 10.5. The SMILES string of the molecule is O=C(COC(=O)c1ccccc1OCc1ccccc1)NC(c1ccccc1)c1ccccc1. The molecule has 0 aromatic heterocycles. The lowest BCUT2D eigenvalue weighted by atomic mass is 9.99. The Morgan fingerprint density at radius 3 is 1.82 bits per heavy atom. The standard InChI is InChI=1S/C29H25NO4/c31-27(30-28(23-14-6-2-7-15-23)24-16-8-3-9-17-24)21-34-29(32)25-18-10-11-19-26(25)33-20-22-12-4-1-5-13-22/h1-19,28H,20-21H2,(H,30,31). The monoisotopic (exact) mass is 451 g/mol. The van der Waals surface area contributed by atoms with Gasteiger partial charge in [-0.25, -0.2) is 4.79 Å². The van der Waals surface area contributed by atoms with Gasteiger partial charge in [0.15, 0.2) is 6.61 Å². The smallest absolute Gasteiger partial charge is 0.342 e. The van der Waals surface area contributed by atoms with Crippen molar-refractivity contribution in [2.75, 3.05) is 6.61 Å². The molecule has 4 aromatic rings. The van der Waals surface area contributed by atoms with Crippen molar-refractivity contribution in [2.24, 2.45) is 0 Å². The van der Waals surface area contributed by atoms with Crippen molar-refractivity contribution in [3.63, 3.8) is 0 Å². The van der Waals surface area contributed by atoms with Crippen LogP contribution in [-0.4, -0.2) is 18.5 Å². The van der Waals surface area contributed by atoms with Gasteiger partial charge in [-0.15, -0.1) is 0 Å². The summed E-state index contributed by atoms with van der Waals surface area (Å²) in [5.41, 5.74) is 3.13. The lowest BCUT2D eigenvalue weighted by molar-refractivity contribution is -0.124. The Kier molecular flexibility index (Phi) is 7.70. The molecule has 34 heavy (non-hydrogen) atoms. The van der Waals surface area contributed by atoms with Crippen molar-refractivity contribution in [1.82, 2.24) is 5.32 Å². The van der Waals surface area contributed by atoms with Gasteiger partial charge in [0, 0.05) is 0 Å². The van der Waals surface area contributed by atoms with Crippen LogP contribution in [0, 0.1) is 0 Å². The number of hydrogen-bond donors (Lipinski definition) is 1. The molecule has 0 heterocycles. The van der Waals surface area contributed by atoms with Gasteiger partial charge < -0.3 is 14.8 Å². The summed E-state index contributed by atoms with van der Waals surface area (Å²) in [6.45, 7) is -0.0799. The van der Waals surface area contributed by atoms with Crippen LogP contribution in [0.3, 0.4) is 0 Å². The molecule has 4 aromatic carbocycles. The Labute approximate surface area is 199 Å². The van der Waals surface area contributed by atoms with Crippen molar-refractivity contribution in [3.8, 4) is 5.75 Å². The van der Waals surface area contributed by atoms with Crippen molar-refractivity contribution >= 4 is 11.9 Å². The lowest BCUT2D eigenvalue weighted by Crippen LogP contribution is -2.33. The molecule has 0 aliphatic rings. The Morgan fingerprint density at radius 2 is 1.21 bits per heavy atom. The summed E-state index contributed by atoms with van der Waals surface area (Å²) in [4.78, 5) is 25.4. The average Bonchev–Trinajstić information content (AvgIpc) is 2.91. The fourth-order valence-corrected chi connectivity index (χ4v) is 3.56. The molecule has 0 aliphatic carbocycles. The average molecular weight is 452 g/mol. The van der Waals surface area contributed by atoms with Gasteiger partial charge in [0.1, 0.15) is 17.9 Å². The third kappa shape index (κ3) is 6.11. The first-order valence-corrected chi connectivity index (χ1v) is 11.0. The summed E-state index contributed by atoms with van der Waals surface area (Å²) in [5, 5.41) is 2.97. The first-order chi connectivity index (χ1) is 16.7. The van der Waals surface area contributed by atoms with Gasteiger partial charge in [0.25, 0.3) is 5.91 Å². The summed E-state index contributed by atoms with van der Waals surface area (Å²) < 4.78 is 11.2. The maximum Gasteiger partial charge on any atom is 0.342 e. The van der Waals surface area contributed by atoms with E-state index in [0.29, 0.717) is 12.4 Å². The highest BCUT2D eigenvalue weighted by molar-refractivity contribution is 5.94. The number of para-hydroxylation sites is 1. The first-order valence-electron chi connectivity index (χ1n) is 11.0. The molecule has 4 rings (SSSR count). The molecular weight excluding hydrogens is 426 g/mol. The van der Waals surface area contributed by atoms with Crippen molar-refractivity contribution in [3.05, 3.63) is 138 Å². The number of rotatable bonds is 9. The molecule has 0 bridgehead atoms. The van der Waals surface area contributed by atoms with Gasteiger partial charge in [0.05, 0.1) is 6.04 Å². The predicted molar refractivity (Wildman–Crippen MR) is 130 cm³/mol. The van der Waals surface area contributed by atoms with Crippen molar-refractivity contribution in [2.45, 2.75) is 12.6 Å². The fourth-order valence-electron chi connectivity index (χ4n) is 3.56. The molecule has 5 heteroatoms. The van der Waals surface area contributed by atoms with E-state index in [2.05, 4.69) is 5.32 Å². The number of benzene rings is 4. The Bertz CT molecular complexity index is 1170. The summed E-state index contributed by atoms with van der Waals surface area (Å²) in [6.07, 6.45) is 0. The molecule has 0 aliphatic heterocycles. The largest absolute Gasteiger partial charge is 0.488 e. The van der Waals surface area contributed by atoms with Gasteiger partial charge in [-0.05, 0) is 28.8 Å². The lowest BCUT2D eigenvalue weighted by Gasteiger charge is -2.20. The highest BCUT2D eigenvalue weighted by Gasteiger charge is 2.19. The highest BCUT2D eigenvalue weighted by Crippen LogP contribution is 2.22. The van der Waals surface area contributed by atoms with Crippen LogP contribution in [0.25, 0.3) is 0 Å². The molecule has 0 saturated heterocycles. The number of nitrogens with one attached hydrogen (secondary N) is 1. The Morgan fingerprint density at radius 1 is 0.676 bits per heavy atom. The molecule has 170 valence electrons. The summed E-state index contributed by atoms with van der Waals surface area (Å²) >= 11 is 0. The van der Waals surface area contributed by atoms with Crippen LogP contribution in [0.1, 0.15) is 33.1 Å². The van der Waals surface area contributed by atoms with Gasteiger partial charge >= 0.3 is 5.97 Å². The van der Waals surface area contributed by atoms with Crippen LogP contribution in [0.4, 0.5) is 0 Å². The van der Waals surface area contributed by atoms with Gasteiger partial charge in [-0.2, -0.15) is 0 Å². The van der Waals surface area contributed by atoms with E-state index in [1.165, 1.54) is 0 Å². The van der Waals surface area contributed by atoms with E-state index >= 15 is 0 Å². The van der Waals surface area contributed by atoms with Crippen LogP contribution >= 0.6 is 0 Å². The van der Waals surface area contributed by atoms with Gasteiger partial charge in [-0.1, -0.05) is 103 Å². The van der Waals surface area contributed by atoms with Crippen LogP contribution in [0.2, 0.25) is 0 Å². The predicted octanol–water partition coefficient (Wildman–Crippen LogP) is 5.33. The van der Waals surface area contributed by atoms with Crippen LogP contribution in [0.5, 0.6) is 5.75 Å². The van der Waals surface area contributed by atoms with Crippen LogP contribution < -0.4 is 10.1 Å². The zero-order valence-electron chi connectivity index (χ0n) is 18.6. The topological polar surface area (TPSA) is 64.6 Å². The van der Waals surface area contributed by atoms with Crippen LogP contribution in [-0.2, 0) is 16.1 Å². The van der Waals surface area contributed by atoms with E-state index in [1.807, 2.05) is 91.0 Å². The zero-order valence-corrected chi connectivity index (χ0v) is 18.6. The number of amides is 1. The molecule has 0 atom stereocenters. The zero-order chi connectivity index (χ0) is 23.6. The third-order valence-electron chi connectivity index (χ3n) is 5.25. The third-order valence-corrected chi connectivity index (χ3v) is 5.25. The molecule has 0 fully saturated rings. The van der Waals surface area contributed by atoms with Crippen LogP contribution in [0.15, 0.2) is 115 Å². The number of hydrogen-bond acceptors (Lipinski definition) is 4. The first kappa shape index (κ1) is 22.8. The molecule has 1 amide bonds. The minimum Gasteiger partial charge on any atom is -0.488 e. The molecule has 0 radical (unpaired) electrons. The van der Waals surface area contributed by atoms with E-state index in [4.69, 9.17) is 9.47 Å². The van der Waals surface area contributed by atoms with Crippen molar-refractivity contribution in [1.29, 1.82) is 0 Å². The second-order valence-electron chi connectivity index (χ2n) is 7.67. The van der Waals surface area contributed by atoms with E-state index < -0.39 is 18.5 Å². The van der Waals surface area contributed by atoms with Crippen molar-refractivity contribution < 1.29 is 19.1 Å². The Hall–Kier alpha value is -4.38. The summed E-state index contributed by atoms with van der Waals surface area (Å²) in [5.74, 6) is -0.605. The minimum absolute atomic E-state index is 0.272. The van der Waals surface area contributed by atoms with Gasteiger partial charge in [0.2, 0.25) is 0 Å². The number of ether oxygens (including phenoxy) is 2. The van der Waals surface area contributed by atoms with E-state index in [-0.39, 0.29) is 11.6 Å². The fraction of sp³-hybridized carbons (Fsp3) is 0.103. The summed E-state index contributed by atoms with van der Waals surface area (Å²) in [6, 6.07) is 35.5. The number of carbonyl (C=O) groups is 2. The van der Waals surface area contributed by atoms with E-state index in [1.54, 1.807) is 24.3 Å². The quantitative estimate of drug-likeness (QED) is 0.350. The number of carbonyl (C=O) groups excluding carboxylic acids is 2. The van der Waals surface area contributed by atoms with E-state index in [0.717, 1.165) is 16.7 Å². The maximum atomic E-state index is 12.7. The highest BCUT2D eigenvalue weighted by atomic mass is 16.5. The molecule has 0 spiro atoms. The van der Waals surface area contributed by atoms with Gasteiger partial charge in [-0.3, -0.25) is 4.79 Å². The van der Waals surface area contributed by atoms with E-state index in [9.17, 15) is 9.59 Å². The summed E-state index contributed by atoms with van der Waals surface area (Å²) in [7, 11) is 0. The maximum absolute atomic E-state index is 12.7. The number of esters is 1. The molecular formula is C29H25NO4. The Balaban J connectivity index is 1.39. The molecule has 1 N–H and O–H groups in total. The molecule has 5 nitrogen and oxygen atoms in total. The molecule has 0 saturated carbocycles.